The summed E-state index contributed by atoms with van der Waals surface area (Å²) >= 11 is 0. The average Bonchev–Trinajstić information content (AvgIpc) is 3.44. The number of carbonyl (C=O) groups excluding carboxylic acids is 1. The molecule has 1 aliphatic rings. The summed E-state index contributed by atoms with van der Waals surface area (Å²) in [6.45, 7) is 2.59. The average molecular weight is 376 g/mol. The molecular formula is C23H24N2O3. The van der Waals surface area contributed by atoms with Crippen molar-refractivity contribution in [1.82, 2.24) is 10.2 Å². The molecule has 0 spiro atoms. The van der Waals surface area contributed by atoms with Crippen LogP contribution < -0.4 is 10.1 Å². The van der Waals surface area contributed by atoms with Gasteiger partial charge >= 0.3 is 0 Å². The molecule has 0 saturated carbocycles. The summed E-state index contributed by atoms with van der Waals surface area (Å²) in [4.78, 5) is 15.0. The Morgan fingerprint density at radius 1 is 0.964 bits per heavy atom. The quantitative estimate of drug-likeness (QED) is 0.653. The number of carbonyl (C=O) groups is 1. The zero-order chi connectivity index (χ0) is 19.2. The summed E-state index contributed by atoms with van der Waals surface area (Å²) in [5.41, 5.74) is 0.611. The fourth-order valence-corrected chi connectivity index (χ4v) is 3.53. The maximum Gasteiger partial charge on any atom is 0.251 e. The number of hydrogen-bond donors (Lipinski definition) is 1. The Hall–Kier alpha value is -3.05. The molecule has 28 heavy (non-hydrogen) atoms. The lowest BCUT2D eigenvalue weighted by Crippen LogP contribution is -2.36. The third-order valence-electron chi connectivity index (χ3n) is 5.00. The van der Waals surface area contributed by atoms with E-state index in [1.807, 2.05) is 54.6 Å². The molecule has 144 valence electrons. The third kappa shape index (κ3) is 4.43. The van der Waals surface area contributed by atoms with Crippen molar-refractivity contribution < 1.29 is 13.9 Å². The smallest absolute Gasteiger partial charge is 0.251 e. The van der Waals surface area contributed by atoms with Gasteiger partial charge in [-0.1, -0.05) is 18.2 Å². The summed E-state index contributed by atoms with van der Waals surface area (Å²) in [5.74, 6) is 2.27. The number of nitrogens with one attached hydrogen (secondary N) is 1. The Morgan fingerprint density at radius 2 is 1.68 bits per heavy atom. The Bertz CT molecular complexity index is 870. The van der Waals surface area contributed by atoms with Gasteiger partial charge in [0.25, 0.3) is 5.91 Å². The van der Waals surface area contributed by atoms with Crippen LogP contribution in [0.3, 0.4) is 0 Å². The molecule has 0 radical (unpaired) electrons. The number of ether oxygens (including phenoxy) is 1. The highest BCUT2D eigenvalue weighted by molar-refractivity contribution is 5.94. The van der Waals surface area contributed by atoms with Crippen LogP contribution in [0.2, 0.25) is 0 Å². The van der Waals surface area contributed by atoms with Gasteiger partial charge in [0.15, 0.2) is 0 Å². The molecule has 0 bridgehead atoms. The molecular weight excluding hydrogens is 352 g/mol. The first-order valence-electron chi connectivity index (χ1n) is 9.68. The first-order chi connectivity index (χ1) is 13.8. The monoisotopic (exact) mass is 376 g/mol. The van der Waals surface area contributed by atoms with Crippen LogP contribution in [-0.2, 0) is 0 Å². The van der Waals surface area contributed by atoms with Gasteiger partial charge in [0.1, 0.15) is 17.3 Å². The number of nitrogens with zero attached hydrogens (tertiary/aromatic N) is 1. The van der Waals surface area contributed by atoms with E-state index in [1.165, 1.54) is 12.8 Å². The molecule has 1 aromatic heterocycles. The molecule has 4 rings (SSSR count). The second-order valence-corrected chi connectivity index (χ2v) is 6.92. The van der Waals surface area contributed by atoms with Crippen molar-refractivity contribution in [2.24, 2.45) is 0 Å². The molecule has 0 aliphatic carbocycles. The van der Waals surface area contributed by atoms with Gasteiger partial charge in [-0.2, -0.15) is 0 Å². The molecule has 5 heteroatoms. The summed E-state index contributed by atoms with van der Waals surface area (Å²) in [5, 5.41) is 3.05. The van der Waals surface area contributed by atoms with Crippen molar-refractivity contribution in [1.29, 1.82) is 0 Å². The number of amides is 1. The van der Waals surface area contributed by atoms with Crippen LogP contribution in [0.25, 0.3) is 0 Å². The van der Waals surface area contributed by atoms with Crippen LogP contribution in [0.1, 0.15) is 35.0 Å². The van der Waals surface area contributed by atoms with Gasteiger partial charge in [-0.15, -0.1) is 0 Å². The summed E-state index contributed by atoms with van der Waals surface area (Å²) in [6, 6.07) is 20.7. The Labute approximate surface area is 164 Å². The molecule has 1 aliphatic heterocycles. The fraction of sp³-hybridized carbons (Fsp3) is 0.261. The van der Waals surface area contributed by atoms with E-state index in [4.69, 9.17) is 9.15 Å². The van der Waals surface area contributed by atoms with Gasteiger partial charge in [-0.25, -0.2) is 0 Å². The van der Waals surface area contributed by atoms with Crippen LogP contribution >= 0.6 is 0 Å². The van der Waals surface area contributed by atoms with E-state index in [1.54, 1.807) is 18.4 Å². The highest BCUT2D eigenvalue weighted by Gasteiger charge is 2.26. The molecule has 2 heterocycles. The van der Waals surface area contributed by atoms with Gasteiger partial charge in [-0.05, 0) is 74.5 Å². The van der Waals surface area contributed by atoms with Crippen molar-refractivity contribution in [3.63, 3.8) is 0 Å². The highest BCUT2D eigenvalue weighted by Crippen LogP contribution is 2.25. The van der Waals surface area contributed by atoms with Crippen LogP contribution in [0.4, 0.5) is 0 Å². The topological polar surface area (TPSA) is 54.7 Å². The molecule has 1 amide bonds. The Kier molecular flexibility index (Phi) is 5.73. The van der Waals surface area contributed by atoms with Gasteiger partial charge in [0.05, 0.1) is 12.3 Å². The predicted molar refractivity (Wildman–Crippen MR) is 108 cm³/mol. The molecule has 1 fully saturated rings. The number of rotatable bonds is 7. The largest absolute Gasteiger partial charge is 0.468 e. The van der Waals surface area contributed by atoms with E-state index in [-0.39, 0.29) is 11.9 Å². The SMILES string of the molecule is O=C(NC[C@H](c1ccco1)N1CCCC1)c1ccc(Oc2ccccc2)cc1. The molecule has 3 aromatic rings. The maximum atomic E-state index is 12.6. The van der Waals surface area contributed by atoms with Gasteiger partial charge in [0.2, 0.25) is 0 Å². The van der Waals surface area contributed by atoms with Crippen LogP contribution in [0, 0.1) is 0 Å². The minimum Gasteiger partial charge on any atom is -0.468 e. The van der Waals surface area contributed by atoms with Gasteiger partial charge in [-0.3, -0.25) is 9.69 Å². The number of benzene rings is 2. The van der Waals surface area contributed by atoms with Gasteiger partial charge < -0.3 is 14.5 Å². The van der Waals surface area contributed by atoms with Crippen molar-refractivity contribution in [2.75, 3.05) is 19.6 Å². The number of para-hydroxylation sites is 1. The maximum absolute atomic E-state index is 12.6. The van der Waals surface area contributed by atoms with E-state index in [0.29, 0.717) is 17.9 Å². The van der Waals surface area contributed by atoms with Gasteiger partial charge in [0, 0.05) is 12.1 Å². The van der Waals surface area contributed by atoms with E-state index in [9.17, 15) is 4.79 Å². The zero-order valence-electron chi connectivity index (χ0n) is 15.7. The summed E-state index contributed by atoms with van der Waals surface area (Å²) in [7, 11) is 0. The minimum atomic E-state index is -0.0954. The lowest BCUT2D eigenvalue weighted by Gasteiger charge is -2.26. The summed E-state index contributed by atoms with van der Waals surface area (Å²) < 4.78 is 11.4. The van der Waals surface area contributed by atoms with Crippen molar-refractivity contribution in [3.8, 4) is 11.5 Å². The van der Waals surface area contributed by atoms with Crippen LogP contribution in [0.5, 0.6) is 11.5 Å². The Morgan fingerprint density at radius 3 is 2.36 bits per heavy atom. The molecule has 1 N–H and O–H groups in total. The third-order valence-corrected chi connectivity index (χ3v) is 5.00. The van der Waals surface area contributed by atoms with E-state index in [0.717, 1.165) is 24.6 Å². The lowest BCUT2D eigenvalue weighted by molar-refractivity contribution is 0.0934. The number of furan rings is 1. The Balaban J connectivity index is 1.37. The molecule has 5 nitrogen and oxygen atoms in total. The first-order valence-corrected chi connectivity index (χ1v) is 9.68. The lowest BCUT2D eigenvalue weighted by atomic mass is 10.1. The highest BCUT2D eigenvalue weighted by atomic mass is 16.5. The number of hydrogen-bond acceptors (Lipinski definition) is 4. The summed E-state index contributed by atoms with van der Waals surface area (Å²) in [6.07, 6.45) is 4.06. The predicted octanol–water partition coefficient (Wildman–Crippen LogP) is 4.64. The first kappa shape index (κ1) is 18.3. The molecule has 0 unspecified atom stereocenters. The van der Waals surface area contributed by atoms with Crippen molar-refractivity contribution in [3.05, 3.63) is 84.3 Å². The second kappa shape index (κ2) is 8.76. The number of likely N-dealkylation sites (tertiary alicyclic amines) is 1. The normalized spacial score (nSPS) is 15.3. The van der Waals surface area contributed by atoms with Crippen molar-refractivity contribution >= 4 is 5.91 Å². The molecule has 1 saturated heterocycles. The standard InChI is InChI=1S/C23H24N2O3/c26-23(18-10-12-20(13-11-18)28-19-7-2-1-3-8-19)24-17-21(22-9-6-16-27-22)25-14-4-5-15-25/h1-3,6-13,16,21H,4-5,14-15,17H2,(H,24,26)/t21-/m1/s1. The fourth-order valence-electron chi connectivity index (χ4n) is 3.53. The molecule has 1 atom stereocenters. The van der Waals surface area contributed by atoms with Crippen LogP contribution in [0.15, 0.2) is 77.4 Å². The molecule has 2 aromatic carbocycles. The second-order valence-electron chi connectivity index (χ2n) is 6.92. The van der Waals surface area contributed by atoms with E-state index < -0.39 is 0 Å². The zero-order valence-corrected chi connectivity index (χ0v) is 15.7. The van der Waals surface area contributed by atoms with E-state index >= 15 is 0 Å². The van der Waals surface area contributed by atoms with Crippen LogP contribution in [-0.4, -0.2) is 30.4 Å². The van der Waals surface area contributed by atoms with Crippen molar-refractivity contribution in [2.45, 2.75) is 18.9 Å². The van der Waals surface area contributed by atoms with E-state index in [2.05, 4.69) is 10.2 Å². The minimum absolute atomic E-state index is 0.0714.